The van der Waals surface area contributed by atoms with Crippen LogP contribution in [-0.4, -0.2) is 47.6 Å². The number of halogens is 1. The average Bonchev–Trinajstić information content (AvgIpc) is 3.42. The summed E-state index contributed by atoms with van der Waals surface area (Å²) in [6.45, 7) is 4.55. The lowest BCUT2D eigenvalue weighted by Gasteiger charge is -2.25. The highest BCUT2D eigenvalue weighted by Gasteiger charge is 2.46. The van der Waals surface area contributed by atoms with Crippen LogP contribution >= 0.6 is 11.6 Å². The summed E-state index contributed by atoms with van der Waals surface area (Å²) in [4.78, 5) is 31.7. The molecule has 1 saturated heterocycles. The number of ketones is 1. The molecule has 1 aliphatic rings. The monoisotopic (exact) mass is 453 g/mol. The maximum Gasteiger partial charge on any atom is 0.295 e. The highest BCUT2D eigenvalue weighted by molar-refractivity contribution is 6.46. The molecule has 166 valence electrons. The Hall–Kier alpha value is -3.39. The second-order valence-electron chi connectivity index (χ2n) is 7.87. The number of imidazole rings is 1. The molecule has 3 heterocycles. The normalized spacial score (nSPS) is 18.0. The van der Waals surface area contributed by atoms with Gasteiger partial charge in [0.1, 0.15) is 5.76 Å². The number of rotatable bonds is 6. The molecule has 4 rings (SSSR count). The molecule has 0 saturated carbocycles. The predicted octanol–water partition coefficient (Wildman–Crippen LogP) is 3.40. The number of benzene rings is 1. The quantitative estimate of drug-likeness (QED) is 0.351. The van der Waals surface area contributed by atoms with E-state index < -0.39 is 17.7 Å². The van der Waals surface area contributed by atoms with E-state index >= 15 is 0 Å². The zero-order valence-corrected chi connectivity index (χ0v) is 18.9. The predicted molar refractivity (Wildman–Crippen MR) is 120 cm³/mol. The van der Waals surface area contributed by atoms with E-state index in [2.05, 4.69) is 10.1 Å². The van der Waals surface area contributed by atoms with Crippen molar-refractivity contribution in [1.82, 2.24) is 24.2 Å². The smallest absolute Gasteiger partial charge is 0.295 e. The molecule has 1 amide bonds. The van der Waals surface area contributed by atoms with Crippen LogP contribution in [-0.2, 0) is 23.2 Å². The highest BCUT2D eigenvalue weighted by atomic mass is 35.5. The van der Waals surface area contributed by atoms with Crippen molar-refractivity contribution in [3.63, 3.8) is 0 Å². The second-order valence-corrected chi connectivity index (χ2v) is 8.31. The molecule has 0 spiro atoms. The van der Waals surface area contributed by atoms with E-state index in [9.17, 15) is 14.7 Å². The third-order valence-corrected chi connectivity index (χ3v) is 6.06. The molecule has 1 N–H and O–H groups in total. The van der Waals surface area contributed by atoms with Crippen molar-refractivity contribution in [2.24, 2.45) is 7.05 Å². The summed E-state index contributed by atoms with van der Waals surface area (Å²) in [5.74, 6) is -1.56. The maximum absolute atomic E-state index is 13.1. The SMILES string of the molecule is Cc1nn(C)c(C)c1C(O)=C1C(=O)C(=O)N(CCCn2ccnc2)[C@H]1c1cccc(Cl)c1. The number of aryl methyl sites for hydroxylation is 3. The van der Waals surface area contributed by atoms with Gasteiger partial charge in [0, 0.05) is 43.2 Å². The molecule has 32 heavy (non-hydrogen) atoms. The number of amides is 1. The largest absolute Gasteiger partial charge is 0.507 e. The van der Waals surface area contributed by atoms with Crippen molar-refractivity contribution >= 4 is 29.1 Å². The number of carbonyl (C=O) groups excluding carboxylic acids is 2. The molecule has 0 radical (unpaired) electrons. The van der Waals surface area contributed by atoms with Crippen molar-refractivity contribution < 1.29 is 14.7 Å². The Bertz CT molecular complexity index is 1210. The molecule has 1 aliphatic heterocycles. The van der Waals surface area contributed by atoms with Crippen LogP contribution in [0.4, 0.5) is 0 Å². The fraction of sp³-hybridized carbons (Fsp3) is 0.304. The summed E-state index contributed by atoms with van der Waals surface area (Å²) < 4.78 is 3.55. The second kappa shape index (κ2) is 8.63. The van der Waals surface area contributed by atoms with Gasteiger partial charge >= 0.3 is 0 Å². The number of aromatic nitrogens is 4. The molecule has 2 aromatic heterocycles. The zero-order chi connectivity index (χ0) is 23.0. The standard InChI is InChI=1S/C23H24ClN5O3/c1-14-18(15(2)27(3)26-14)21(30)19-20(16-6-4-7-17(24)12-16)29(23(32)22(19)31)10-5-9-28-11-8-25-13-28/h4,6-8,11-13,20,30H,5,9-10H2,1-3H3/t20-/m0/s1. The lowest BCUT2D eigenvalue weighted by atomic mass is 9.94. The van der Waals surface area contributed by atoms with E-state index in [1.807, 2.05) is 23.8 Å². The van der Waals surface area contributed by atoms with Gasteiger partial charge < -0.3 is 14.6 Å². The Morgan fingerprint density at radius 1 is 1.22 bits per heavy atom. The topological polar surface area (TPSA) is 93.2 Å². The van der Waals surface area contributed by atoms with E-state index in [4.69, 9.17) is 11.6 Å². The summed E-state index contributed by atoms with van der Waals surface area (Å²) >= 11 is 6.22. The molecule has 0 unspecified atom stereocenters. The number of carbonyl (C=O) groups is 2. The van der Waals surface area contributed by atoms with Crippen LogP contribution in [0.1, 0.15) is 35.0 Å². The highest BCUT2D eigenvalue weighted by Crippen LogP contribution is 2.41. The lowest BCUT2D eigenvalue weighted by molar-refractivity contribution is -0.139. The van der Waals surface area contributed by atoms with Gasteiger partial charge in [-0.1, -0.05) is 23.7 Å². The van der Waals surface area contributed by atoms with E-state index in [0.29, 0.717) is 47.0 Å². The van der Waals surface area contributed by atoms with E-state index in [1.54, 1.807) is 49.4 Å². The van der Waals surface area contributed by atoms with Gasteiger partial charge in [-0.05, 0) is 38.0 Å². The van der Waals surface area contributed by atoms with E-state index in [1.165, 1.54) is 4.90 Å². The number of likely N-dealkylation sites (tertiary alicyclic amines) is 1. The summed E-state index contributed by atoms with van der Waals surface area (Å²) in [7, 11) is 1.77. The van der Waals surface area contributed by atoms with Gasteiger partial charge in [-0.15, -0.1) is 0 Å². The molecular weight excluding hydrogens is 430 g/mol. The van der Waals surface area contributed by atoms with Crippen LogP contribution in [0.25, 0.3) is 5.76 Å². The fourth-order valence-corrected chi connectivity index (χ4v) is 4.43. The Morgan fingerprint density at radius 3 is 2.62 bits per heavy atom. The average molecular weight is 454 g/mol. The van der Waals surface area contributed by atoms with Crippen LogP contribution < -0.4 is 0 Å². The molecule has 1 fully saturated rings. The minimum Gasteiger partial charge on any atom is -0.507 e. The van der Waals surface area contributed by atoms with Crippen LogP contribution in [0.3, 0.4) is 0 Å². The summed E-state index contributed by atoms with van der Waals surface area (Å²) in [5.41, 5.74) is 2.48. The number of Topliss-reactive ketones (excluding diaryl/α,β-unsaturated/α-hetero) is 1. The summed E-state index contributed by atoms with van der Waals surface area (Å²) in [5, 5.41) is 16.1. The van der Waals surface area contributed by atoms with Crippen molar-refractivity contribution in [3.05, 3.63) is 76.1 Å². The summed E-state index contributed by atoms with van der Waals surface area (Å²) in [6, 6.07) is 6.28. The van der Waals surface area contributed by atoms with Crippen LogP contribution in [0.2, 0.25) is 5.02 Å². The Morgan fingerprint density at radius 2 is 2.00 bits per heavy atom. The van der Waals surface area contributed by atoms with Crippen LogP contribution in [0.5, 0.6) is 0 Å². The zero-order valence-electron chi connectivity index (χ0n) is 18.1. The molecule has 3 aromatic rings. The van der Waals surface area contributed by atoms with Crippen molar-refractivity contribution in [1.29, 1.82) is 0 Å². The van der Waals surface area contributed by atoms with Crippen molar-refractivity contribution in [3.8, 4) is 0 Å². The first-order chi connectivity index (χ1) is 15.3. The molecule has 8 nitrogen and oxygen atoms in total. The van der Waals surface area contributed by atoms with E-state index in [0.717, 1.165) is 0 Å². The van der Waals surface area contributed by atoms with Crippen LogP contribution in [0.15, 0.2) is 48.6 Å². The van der Waals surface area contributed by atoms with Gasteiger partial charge in [0.25, 0.3) is 11.7 Å². The molecule has 0 bridgehead atoms. The maximum atomic E-state index is 13.1. The van der Waals surface area contributed by atoms with Gasteiger partial charge in [-0.2, -0.15) is 5.10 Å². The molecule has 1 atom stereocenters. The molecule has 0 aliphatic carbocycles. The van der Waals surface area contributed by atoms with Crippen molar-refractivity contribution in [2.45, 2.75) is 32.9 Å². The first kappa shape index (κ1) is 21.8. The third-order valence-electron chi connectivity index (χ3n) is 5.82. The minimum atomic E-state index is -0.740. The number of nitrogens with zero attached hydrogens (tertiary/aromatic N) is 5. The Labute approximate surface area is 190 Å². The minimum absolute atomic E-state index is 0.0547. The first-order valence-corrected chi connectivity index (χ1v) is 10.7. The number of aliphatic hydroxyl groups is 1. The van der Waals surface area contributed by atoms with Gasteiger partial charge in [0.2, 0.25) is 0 Å². The van der Waals surface area contributed by atoms with Gasteiger partial charge in [-0.3, -0.25) is 14.3 Å². The van der Waals surface area contributed by atoms with E-state index in [-0.39, 0.29) is 11.3 Å². The van der Waals surface area contributed by atoms with Gasteiger partial charge in [-0.25, -0.2) is 4.98 Å². The lowest BCUT2D eigenvalue weighted by Crippen LogP contribution is -2.31. The van der Waals surface area contributed by atoms with Crippen molar-refractivity contribution in [2.75, 3.05) is 6.54 Å². The third kappa shape index (κ3) is 3.82. The van der Waals surface area contributed by atoms with Gasteiger partial charge in [0.15, 0.2) is 0 Å². The first-order valence-electron chi connectivity index (χ1n) is 10.3. The number of aliphatic hydroxyl groups excluding tert-OH is 1. The number of hydrogen-bond acceptors (Lipinski definition) is 5. The molecule has 9 heteroatoms. The molecule has 1 aromatic carbocycles. The molecular formula is C23H24ClN5O3. The fourth-order valence-electron chi connectivity index (χ4n) is 4.23. The Kier molecular flexibility index (Phi) is 5.88. The number of hydrogen-bond donors (Lipinski definition) is 1. The van der Waals surface area contributed by atoms with Crippen LogP contribution in [0, 0.1) is 13.8 Å². The van der Waals surface area contributed by atoms with Gasteiger partial charge in [0.05, 0.1) is 29.2 Å². The Balaban J connectivity index is 1.79. The summed E-state index contributed by atoms with van der Waals surface area (Å²) in [6.07, 6.45) is 5.86.